The Morgan fingerprint density at radius 3 is 2.61 bits per heavy atom. The van der Waals surface area contributed by atoms with Gasteiger partial charge in [-0.15, -0.1) is 0 Å². The fraction of sp³-hybridized carbons (Fsp3) is 0.533. The number of carbonyl (C=O) groups is 1. The molecular formula is C15H22N2O. The van der Waals surface area contributed by atoms with E-state index >= 15 is 0 Å². The van der Waals surface area contributed by atoms with Gasteiger partial charge in [-0.3, -0.25) is 4.79 Å². The standard InChI is InChI=1S/C15H22N2O/c1-2-3-11-4-6-13(7-5-11)15(18)17-10-14(16)12-8-9-12/h4-7,12,14H,2-3,8-10,16H2,1H3,(H,17,18). The van der Waals surface area contributed by atoms with Crippen LogP contribution in [0.4, 0.5) is 0 Å². The average Bonchev–Trinajstić information content (AvgIpc) is 3.21. The lowest BCUT2D eigenvalue weighted by Gasteiger charge is -2.11. The molecule has 98 valence electrons. The maximum absolute atomic E-state index is 11.9. The zero-order chi connectivity index (χ0) is 13.0. The first-order valence-electron chi connectivity index (χ1n) is 6.83. The highest BCUT2D eigenvalue weighted by atomic mass is 16.1. The smallest absolute Gasteiger partial charge is 0.251 e. The minimum Gasteiger partial charge on any atom is -0.350 e. The lowest BCUT2D eigenvalue weighted by atomic mass is 10.1. The summed E-state index contributed by atoms with van der Waals surface area (Å²) in [5.74, 6) is 0.603. The highest BCUT2D eigenvalue weighted by Gasteiger charge is 2.28. The van der Waals surface area contributed by atoms with E-state index in [1.807, 2.05) is 24.3 Å². The van der Waals surface area contributed by atoms with E-state index in [2.05, 4.69) is 12.2 Å². The molecule has 1 aromatic rings. The van der Waals surface area contributed by atoms with Crippen LogP contribution < -0.4 is 11.1 Å². The molecule has 0 heterocycles. The Hall–Kier alpha value is -1.35. The molecule has 1 amide bonds. The number of benzene rings is 1. The van der Waals surface area contributed by atoms with Crippen molar-refractivity contribution in [2.75, 3.05) is 6.54 Å². The normalized spacial score (nSPS) is 16.3. The maximum atomic E-state index is 11.9. The largest absolute Gasteiger partial charge is 0.350 e. The van der Waals surface area contributed by atoms with Gasteiger partial charge in [-0.1, -0.05) is 25.5 Å². The summed E-state index contributed by atoms with van der Waals surface area (Å²) in [5.41, 5.74) is 7.96. The van der Waals surface area contributed by atoms with Crippen LogP contribution in [0.5, 0.6) is 0 Å². The molecule has 3 heteroatoms. The zero-order valence-electron chi connectivity index (χ0n) is 11.0. The number of nitrogens with two attached hydrogens (primary N) is 1. The van der Waals surface area contributed by atoms with Crippen molar-refractivity contribution >= 4 is 5.91 Å². The van der Waals surface area contributed by atoms with E-state index in [0.717, 1.165) is 18.4 Å². The quantitative estimate of drug-likeness (QED) is 0.807. The summed E-state index contributed by atoms with van der Waals surface area (Å²) >= 11 is 0. The molecule has 1 unspecified atom stereocenters. The van der Waals surface area contributed by atoms with Crippen molar-refractivity contribution in [3.8, 4) is 0 Å². The van der Waals surface area contributed by atoms with Crippen molar-refractivity contribution in [1.29, 1.82) is 0 Å². The van der Waals surface area contributed by atoms with Gasteiger partial charge in [0.15, 0.2) is 0 Å². The molecular weight excluding hydrogens is 224 g/mol. The van der Waals surface area contributed by atoms with Gasteiger partial charge in [0.1, 0.15) is 0 Å². The number of hydrogen-bond acceptors (Lipinski definition) is 2. The summed E-state index contributed by atoms with van der Waals surface area (Å²) in [4.78, 5) is 11.9. The van der Waals surface area contributed by atoms with Crippen LogP contribution in [0.3, 0.4) is 0 Å². The third-order valence-electron chi connectivity index (χ3n) is 3.48. The number of aryl methyl sites for hydroxylation is 1. The van der Waals surface area contributed by atoms with Crippen LogP contribution in [-0.4, -0.2) is 18.5 Å². The molecule has 0 spiro atoms. The van der Waals surface area contributed by atoms with Crippen molar-refractivity contribution in [3.05, 3.63) is 35.4 Å². The fourth-order valence-corrected chi connectivity index (χ4v) is 2.12. The molecule has 1 aromatic carbocycles. The lowest BCUT2D eigenvalue weighted by molar-refractivity contribution is 0.0950. The fourth-order valence-electron chi connectivity index (χ4n) is 2.12. The number of rotatable bonds is 6. The summed E-state index contributed by atoms with van der Waals surface area (Å²) in [6.45, 7) is 2.74. The summed E-state index contributed by atoms with van der Waals surface area (Å²) in [6.07, 6.45) is 4.61. The molecule has 1 fully saturated rings. The van der Waals surface area contributed by atoms with E-state index in [1.54, 1.807) is 0 Å². The van der Waals surface area contributed by atoms with Crippen LogP contribution >= 0.6 is 0 Å². The second-order valence-corrected chi connectivity index (χ2v) is 5.16. The van der Waals surface area contributed by atoms with Gasteiger partial charge >= 0.3 is 0 Å². The molecule has 1 aliphatic rings. The zero-order valence-corrected chi connectivity index (χ0v) is 11.0. The van der Waals surface area contributed by atoms with E-state index in [4.69, 9.17) is 5.73 Å². The molecule has 0 saturated heterocycles. The summed E-state index contributed by atoms with van der Waals surface area (Å²) < 4.78 is 0. The highest BCUT2D eigenvalue weighted by molar-refractivity contribution is 5.94. The van der Waals surface area contributed by atoms with E-state index in [-0.39, 0.29) is 11.9 Å². The molecule has 0 aliphatic heterocycles. The van der Waals surface area contributed by atoms with Crippen molar-refractivity contribution in [3.63, 3.8) is 0 Å². The van der Waals surface area contributed by atoms with Crippen molar-refractivity contribution in [2.24, 2.45) is 11.7 Å². The molecule has 0 aromatic heterocycles. The number of hydrogen-bond donors (Lipinski definition) is 2. The molecule has 1 aliphatic carbocycles. The first kappa shape index (κ1) is 13.1. The Labute approximate surface area is 109 Å². The van der Waals surface area contributed by atoms with E-state index < -0.39 is 0 Å². The van der Waals surface area contributed by atoms with Crippen LogP contribution in [0.2, 0.25) is 0 Å². The van der Waals surface area contributed by atoms with Crippen LogP contribution in [0.15, 0.2) is 24.3 Å². The van der Waals surface area contributed by atoms with E-state index in [1.165, 1.54) is 18.4 Å². The van der Waals surface area contributed by atoms with Gasteiger partial charge < -0.3 is 11.1 Å². The first-order chi connectivity index (χ1) is 8.70. The minimum absolute atomic E-state index is 0.0193. The number of nitrogens with one attached hydrogen (secondary N) is 1. The molecule has 3 N–H and O–H groups in total. The van der Waals surface area contributed by atoms with Crippen LogP contribution in [0.25, 0.3) is 0 Å². The topological polar surface area (TPSA) is 55.1 Å². The highest BCUT2D eigenvalue weighted by Crippen LogP contribution is 2.31. The van der Waals surface area contributed by atoms with Crippen molar-refractivity contribution < 1.29 is 4.79 Å². The van der Waals surface area contributed by atoms with Crippen LogP contribution in [-0.2, 0) is 6.42 Å². The van der Waals surface area contributed by atoms with Gasteiger partial charge in [-0.25, -0.2) is 0 Å². The predicted octanol–water partition coefficient (Wildman–Crippen LogP) is 2.11. The third kappa shape index (κ3) is 3.57. The Kier molecular flexibility index (Phi) is 4.37. The molecule has 1 atom stereocenters. The number of carbonyl (C=O) groups excluding carboxylic acids is 1. The van der Waals surface area contributed by atoms with Crippen molar-refractivity contribution in [2.45, 2.75) is 38.6 Å². The van der Waals surface area contributed by atoms with Crippen LogP contribution in [0.1, 0.15) is 42.1 Å². The van der Waals surface area contributed by atoms with Gasteiger partial charge in [0.25, 0.3) is 5.91 Å². The summed E-state index contributed by atoms with van der Waals surface area (Å²) in [6, 6.07) is 7.96. The Balaban J connectivity index is 1.83. The van der Waals surface area contributed by atoms with Gasteiger partial charge in [-0.05, 0) is 42.9 Å². The molecule has 18 heavy (non-hydrogen) atoms. The summed E-state index contributed by atoms with van der Waals surface area (Å²) in [7, 11) is 0. The Morgan fingerprint density at radius 1 is 1.39 bits per heavy atom. The van der Waals surface area contributed by atoms with Crippen LogP contribution in [0, 0.1) is 5.92 Å². The first-order valence-corrected chi connectivity index (χ1v) is 6.83. The Bertz CT molecular complexity index is 395. The molecule has 2 rings (SSSR count). The van der Waals surface area contributed by atoms with Gasteiger partial charge in [0, 0.05) is 18.2 Å². The van der Waals surface area contributed by atoms with E-state index in [0.29, 0.717) is 12.5 Å². The SMILES string of the molecule is CCCc1ccc(C(=O)NCC(N)C2CC2)cc1. The second-order valence-electron chi connectivity index (χ2n) is 5.16. The lowest BCUT2D eigenvalue weighted by Crippen LogP contribution is -2.38. The molecule has 0 bridgehead atoms. The summed E-state index contributed by atoms with van der Waals surface area (Å²) in [5, 5.41) is 2.91. The van der Waals surface area contributed by atoms with Crippen molar-refractivity contribution in [1.82, 2.24) is 5.32 Å². The van der Waals surface area contributed by atoms with Gasteiger partial charge in [0.2, 0.25) is 0 Å². The monoisotopic (exact) mass is 246 g/mol. The van der Waals surface area contributed by atoms with Gasteiger partial charge in [0.05, 0.1) is 0 Å². The predicted molar refractivity (Wildman–Crippen MR) is 73.5 cm³/mol. The molecule has 0 radical (unpaired) electrons. The molecule has 1 saturated carbocycles. The van der Waals surface area contributed by atoms with E-state index in [9.17, 15) is 4.79 Å². The average molecular weight is 246 g/mol. The van der Waals surface area contributed by atoms with Gasteiger partial charge in [-0.2, -0.15) is 0 Å². The number of amides is 1. The second kappa shape index (κ2) is 6.01. The molecule has 3 nitrogen and oxygen atoms in total. The Morgan fingerprint density at radius 2 is 2.06 bits per heavy atom. The minimum atomic E-state index is -0.0193. The maximum Gasteiger partial charge on any atom is 0.251 e. The third-order valence-corrected chi connectivity index (χ3v) is 3.48.